The molecule has 2 heterocycles. The van der Waals surface area contributed by atoms with Crippen LogP contribution in [0.25, 0.3) is 0 Å². The van der Waals surface area contributed by atoms with Gasteiger partial charge in [-0.3, -0.25) is 4.79 Å². The number of hydrogen-bond donors (Lipinski definition) is 1. The zero-order valence-electron chi connectivity index (χ0n) is 9.91. The average molecular weight is 223 g/mol. The van der Waals surface area contributed by atoms with Crippen molar-refractivity contribution in [2.24, 2.45) is 0 Å². The Bertz CT molecular complexity index is 398. The second-order valence-electron chi connectivity index (χ2n) is 4.87. The minimum Gasteiger partial charge on any atom is -0.351 e. The van der Waals surface area contributed by atoms with Gasteiger partial charge in [0.1, 0.15) is 0 Å². The summed E-state index contributed by atoms with van der Waals surface area (Å²) in [4.78, 5) is 13.9. The van der Waals surface area contributed by atoms with E-state index in [9.17, 15) is 4.79 Å². The third kappa shape index (κ3) is 2.24. The highest BCUT2D eigenvalue weighted by molar-refractivity contribution is 5.91. The average Bonchev–Trinajstić information content (AvgIpc) is 2.62. The number of hydrogen-bond acceptors (Lipinski definition) is 4. The molecule has 1 aromatic heterocycles. The number of amides is 1. The minimum atomic E-state index is -0.0739. The molecular formula is C11H17N3O2. The largest absolute Gasteiger partial charge is 0.351 e. The SMILES string of the molecule is Cc1cc(C(=O)N2CCNC(C)(C)C2)on1. The minimum absolute atomic E-state index is 0.0387. The topological polar surface area (TPSA) is 58.4 Å². The first-order valence-electron chi connectivity index (χ1n) is 5.45. The molecule has 1 fully saturated rings. The number of nitrogens with zero attached hydrogens (tertiary/aromatic N) is 2. The van der Waals surface area contributed by atoms with Gasteiger partial charge in [0.25, 0.3) is 5.91 Å². The zero-order chi connectivity index (χ0) is 11.8. The number of aryl methyl sites for hydroxylation is 1. The summed E-state index contributed by atoms with van der Waals surface area (Å²) in [6.07, 6.45) is 0. The summed E-state index contributed by atoms with van der Waals surface area (Å²) in [6.45, 7) is 8.18. The third-order valence-electron chi connectivity index (χ3n) is 2.70. The van der Waals surface area contributed by atoms with E-state index in [2.05, 4.69) is 24.3 Å². The Morgan fingerprint density at radius 3 is 2.94 bits per heavy atom. The number of carbonyl (C=O) groups is 1. The lowest BCUT2D eigenvalue weighted by Gasteiger charge is -2.38. The van der Waals surface area contributed by atoms with E-state index in [0.717, 1.165) is 12.2 Å². The number of aromatic nitrogens is 1. The molecule has 1 aliphatic rings. The lowest BCUT2D eigenvalue weighted by atomic mass is 10.0. The molecule has 0 atom stereocenters. The van der Waals surface area contributed by atoms with Crippen LogP contribution in [0, 0.1) is 6.92 Å². The van der Waals surface area contributed by atoms with Crippen molar-refractivity contribution in [2.45, 2.75) is 26.3 Å². The van der Waals surface area contributed by atoms with E-state index in [1.807, 2.05) is 6.92 Å². The van der Waals surface area contributed by atoms with E-state index < -0.39 is 0 Å². The van der Waals surface area contributed by atoms with Crippen LogP contribution in [0.3, 0.4) is 0 Å². The predicted molar refractivity (Wildman–Crippen MR) is 59.2 cm³/mol. The van der Waals surface area contributed by atoms with Gasteiger partial charge in [0.05, 0.1) is 5.69 Å². The first-order valence-corrected chi connectivity index (χ1v) is 5.45. The maximum Gasteiger partial charge on any atom is 0.292 e. The zero-order valence-corrected chi connectivity index (χ0v) is 9.91. The molecule has 1 aliphatic heterocycles. The molecule has 5 nitrogen and oxygen atoms in total. The van der Waals surface area contributed by atoms with Crippen molar-refractivity contribution in [3.63, 3.8) is 0 Å². The number of piperazine rings is 1. The van der Waals surface area contributed by atoms with Crippen molar-refractivity contribution < 1.29 is 9.32 Å². The van der Waals surface area contributed by atoms with Gasteiger partial charge in [-0.25, -0.2) is 0 Å². The Labute approximate surface area is 94.8 Å². The predicted octanol–water partition coefficient (Wildman–Crippen LogP) is 0.807. The maximum atomic E-state index is 12.1. The number of carbonyl (C=O) groups excluding carboxylic acids is 1. The fourth-order valence-corrected chi connectivity index (χ4v) is 1.93. The molecule has 0 radical (unpaired) electrons. The second-order valence-corrected chi connectivity index (χ2v) is 4.87. The molecule has 16 heavy (non-hydrogen) atoms. The summed E-state index contributed by atoms with van der Waals surface area (Å²) in [5.41, 5.74) is 0.695. The van der Waals surface area contributed by atoms with Gasteiger partial charge in [-0.15, -0.1) is 0 Å². The van der Waals surface area contributed by atoms with Crippen molar-refractivity contribution >= 4 is 5.91 Å². The fraction of sp³-hybridized carbons (Fsp3) is 0.636. The summed E-state index contributed by atoms with van der Waals surface area (Å²) in [7, 11) is 0. The highest BCUT2D eigenvalue weighted by Crippen LogP contribution is 2.14. The van der Waals surface area contributed by atoms with Crippen LogP contribution in [0.5, 0.6) is 0 Å². The summed E-state index contributed by atoms with van der Waals surface area (Å²) < 4.78 is 4.99. The van der Waals surface area contributed by atoms with Crippen LogP contribution >= 0.6 is 0 Å². The van der Waals surface area contributed by atoms with Gasteiger partial charge < -0.3 is 14.7 Å². The second kappa shape index (κ2) is 3.90. The van der Waals surface area contributed by atoms with Crippen LogP contribution in [0.4, 0.5) is 0 Å². The van der Waals surface area contributed by atoms with E-state index in [-0.39, 0.29) is 11.4 Å². The normalized spacial score (nSPS) is 19.8. The van der Waals surface area contributed by atoms with E-state index in [4.69, 9.17) is 4.52 Å². The standard InChI is InChI=1S/C11H17N3O2/c1-8-6-9(16-13-8)10(15)14-5-4-12-11(2,3)7-14/h6,12H,4-5,7H2,1-3H3. The van der Waals surface area contributed by atoms with Gasteiger partial charge in [-0.2, -0.15) is 0 Å². The van der Waals surface area contributed by atoms with Crippen LogP contribution in [0.1, 0.15) is 30.1 Å². The number of rotatable bonds is 1. The lowest BCUT2D eigenvalue weighted by molar-refractivity contribution is 0.0611. The highest BCUT2D eigenvalue weighted by atomic mass is 16.5. The van der Waals surface area contributed by atoms with Crippen LogP contribution in [-0.2, 0) is 0 Å². The van der Waals surface area contributed by atoms with E-state index in [1.54, 1.807) is 11.0 Å². The molecule has 1 amide bonds. The van der Waals surface area contributed by atoms with Crippen molar-refractivity contribution in [3.8, 4) is 0 Å². The molecule has 0 unspecified atom stereocenters. The van der Waals surface area contributed by atoms with Crippen molar-refractivity contribution in [1.82, 2.24) is 15.4 Å². The molecule has 88 valence electrons. The van der Waals surface area contributed by atoms with Gasteiger partial charge in [0.15, 0.2) is 0 Å². The molecular weight excluding hydrogens is 206 g/mol. The van der Waals surface area contributed by atoms with Gasteiger partial charge in [0.2, 0.25) is 5.76 Å². The van der Waals surface area contributed by atoms with Crippen molar-refractivity contribution in [3.05, 3.63) is 17.5 Å². The summed E-state index contributed by atoms with van der Waals surface area (Å²) in [6, 6.07) is 1.68. The molecule has 0 saturated carbocycles. The lowest BCUT2D eigenvalue weighted by Crippen LogP contribution is -2.58. The monoisotopic (exact) mass is 223 g/mol. The van der Waals surface area contributed by atoms with E-state index in [0.29, 0.717) is 18.8 Å². The Hall–Kier alpha value is -1.36. The Kier molecular flexibility index (Phi) is 2.71. The molecule has 1 N–H and O–H groups in total. The van der Waals surface area contributed by atoms with E-state index >= 15 is 0 Å². The maximum absolute atomic E-state index is 12.1. The van der Waals surface area contributed by atoms with Crippen molar-refractivity contribution in [2.75, 3.05) is 19.6 Å². The Morgan fingerprint density at radius 2 is 2.38 bits per heavy atom. The first kappa shape index (κ1) is 11.1. The van der Waals surface area contributed by atoms with E-state index in [1.165, 1.54) is 0 Å². The Morgan fingerprint density at radius 1 is 1.62 bits per heavy atom. The van der Waals surface area contributed by atoms with Gasteiger partial charge in [-0.1, -0.05) is 5.16 Å². The molecule has 2 rings (SSSR count). The summed E-state index contributed by atoms with van der Waals surface area (Å²) >= 11 is 0. The van der Waals surface area contributed by atoms with Gasteiger partial charge in [0, 0.05) is 31.2 Å². The summed E-state index contributed by atoms with van der Waals surface area (Å²) in [5, 5.41) is 7.09. The van der Waals surface area contributed by atoms with Gasteiger partial charge >= 0.3 is 0 Å². The first-order chi connectivity index (χ1) is 7.48. The van der Waals surface area contributed by atoms with Crippen LogP contribution in [0.2, 0.25) is 0 Å². The smallest absolute Gasteiger partial charge is 0.292 e. The molecule has 0 aliphatic carbocycles. The Balaban J connectivity index is 2.10. The third-order valence-corrected chi connectivity index (χ3v) is 2.70. The molecule has 0 aromatic carbocycles. The fourth-order valence-electron chi connectivity index (χ4n) is 1.93. The number of nitrogens with one attached hydrogen (secondary N) is 1. The molecule has 5 heteroatoms. The molecule has 0 spiro atoms. The summed E-state index contributed by atoms with van der Waals surface area (Å²) in [5.74, 6) is 0.255. The van der Waals surface area contributed by atoms with Crippen molar-refractivity contribution in [1.29, 1.82) is 0 Å². The quantitative estimate of drug-likeness (QED) is 0.765. The molecule has 1 saturated heterocycles. The molecule has 0 bridgehead atoms. The molecule has 1 aromatic rings. The highest BCUT2D eigenvalue weighted by Gasteiger charge is 2.30. The van der Waals surface area contributed by atoms with Crippen LogP contribution in [0.15, 0.2) is 10.6 Å². The van der Waals surface area contributed by atoms with Gasteiger partial charge in [-0.05, 0) is 20.8 Å². The van der Waals surface area contributed by atoms with Crippen LogP contribution < -0.4 is 5.32 Å². The van der Waals surface area contributed by atoms with Crippen LogP contribution in [-0.4, -0.2) is 41.1 Å².